The summed E-state index contributed by atoms with van der Waals surface area (Å²) in [4.78, 5) is 17.4. The summed E-state index contributed by atoms with van der Waals surface area (Å²) in [5.41, 5.74) is 2.54. The number of sulfonamides is 1. The van der Waals surface area contributed by atoms with Gasteiger partial charge in [-0.15, -0.1) is 0 Å². The normalized spacial score (nSPS) is 11.6. The molecule has 1 heterocycles. The van der Waals surface area contributed by atoms with Gasteiger partial charge >= 0.3 is 0 Å². The highest BCUT2D eigenvalue weighted by Gasteiger charge is 2.21. The maximum atomic E-state index is 12.6. The van der Waals surface area contributed by atoms with E-state index in [2.05, 4.69) is 16.5 Å². The lowest BCUT2D eigenvalue weighted by atomic mass is 10.1. The molecule has 1 aromatic heterocycles. The van der Waals surface area contributed by atoms with Crippen molar-refractivity contribution in [3.63, 3.8) is 0 Å². The van der Waals surface area contributed by atoms with Crippen molar-refractivity contribution in [2.45, 2.75) is 18.4 Å². The Morgan fingerprint density at radius 3 is 2.55 bits per heavy atom. The number of rotatable bonds is 7. The monoisotopic (exact) mass is 414 g/mol. The van der Waals surface area contributed by atoms with Crippen LogP contribution in [0.5, 0.6) is 0 Å². The molecule has 29 heavy (non-hydrogen) atoms. The van der Waals surface area contributed by atoms with Crippen LogP contribution in [-0.2, 0) is 21.4 Å². The molecule has 3 aromatic rings. The van der Waals surface area contributed by atoms with Gasteiger partial charge in [-0.05, 0) is 36.8 Å². The standard InChI is InChI=1S/C20H22N4O4S/c1-15-5-4-6-16(13-15)14-24-19(11-12-21-24)22-20(25)17-7-9-18(10-8-17)29(26,27)23(2)28-3/h4-13H,14H2,1-3H3,(H,22,25). The van der Waals surface area contributed by atoms with Crippen LogP contribution in [0.4, 0.5) is 5.82 Å². The van der Waals surface area contributed by atoms with Gasteiger partial charge in [-0.25, -0.2) is 13.1 Å². The molecule has 9 heteroatoms. The van der Waals surface area contributed by atoms with Crippen LogP contribution in [0, 0.1) is 6.92 Å². The highest BCUT2D eigenvalue weighted by Crippen LogP contribution is 2.17. The first-order chi connectivity index (χ1) is 13.8. The minimum Gasteiger partial charge on any atom is -0.307 e. The average Bonchev–Trinajstić information content (AvgIpc) is 3.13. The highest BCUT2D eigenvalue weighted by atomic mass is 32.2. The van der Waals surface area contributed by atoms with E-state index in [-0.39, 0.29) is 10.8 Å². The Bertz CT molecular complexity index is 1110. The Hall–Kier alpha value is -3.01. The summed E-state index contributed by atoms with van der Waals surface area (Å²) >= 11 is 0. The molecule has 1 amide bonds. The summed E-state index contributed by atoms with van der Waals surface area (Å²) in [6.45, 7) is 2.54. The Kier molecular flexibility index (Phi) is 6.12. The Morgan fingerprint density at radius 2 is 1.90 bits per heavy atom. The molecule has 0 aliphatic heterocycles. The van der Waals surface area contributed by atoms with Crippen LogP contribution in [0.2, 0.25) is 0 Å². The van der Waals surface area contributed by atoms with Crippen LogP contribution in [-0.4, -0.2) is 42.7 Å². The molecule has 2 aromatic carbocycles. The minimum absolute atomic E-state index is 0.0305. The second-order valence-electron chi connectivity index (χ2n) is 6.44. The molecule has 0 spiro atoms. The van der Waals surface area contributed by atoms with Crippen molar-refractivity contribution in [2.24, 2.45) is 0 Å². The van der Waals surface area contributed by atoms with Crippen LogP contribution >= 0.6 is 0 Å². The summed E-state index contributed by atoms with van der Waals surface area (Å²) in [5, 5.41) is 7.08. The highest BCUT2D eigenvalue weighted by molar-refractivity contribution is 7.89. The van der Waals surface area contributed by atoms with Gasteiger partial charge in [0.15, 0.2) is 0 Å². The van der Waals surface area contributed by atoms with Crippen molar-refractivity contribution in [1.29, 1.82) is 0 Å². The van der Waals surface area contributed by atoms with Gasteiger partial charge in [-0.2, -0.15) is 5.10 Å². The molecule has 0 bridgehead atoms. The number of amides is 1. The number of carbonyl (C=O) groups is 1. The third-order valence-corrected chi connectivity index (χ3v) is 6.08. The van der Waals surface area contributed by atoms with Gasteiger partial charge in [0, 0.05) is 18.7 Å². The minimum atomic E-state index is -3.76. The quantitative estimate of drug-likeness (QED) is 0.600. The third kappa shape index (κ3) is 4.70. The van der Waals surface area contributed by atoms with E-state index < -0.39 is 10.0 Å². The molecule has 0 atom stereocenters. The second kappa shape index (κ2) is 8.56. The smallest absolute Gasteiger partial charge is 0.264 e. The molecule has 8 nitrogen and oxygen atoms in total. The molecular formula is C20H22N4O4S. The number of hydrogen-bond donors (Lipinski definition) is 1. The molecule has 0 unspecified atom stereocenters. The summed E-state index contributed by atoms with van der Waals surface area (Å²) in [5.74, 6) is 0.187. The van der Waals surface area contributed by atoms with Gasteiger partial charge < -0.3 is 5.32 Å². The van der Waals surface area contributed by atoms with Crippen molar-refractivity contribution in [3.05, 3.63) is 77.5 Å². The predicted molar refractivity (Wildman–Crippen MR) is 109 cm³/mol. The topological polar surface area (TPSA) is 93.5 Å². The Labute approximate surface area is 169 Å². The van der Waals surface area contributed by atoms with E-state index in [1.165, 1.54) is 38.4 Å². The lowest BCUT2D eigenvalue weighted by molar-refractivity contribution is -0.0258. The molecule has 0 radical (unpaired) electrons. The predicted octanol–water partition coefficient (Wildman–Crippen LogP) is 2.67. The van der Waals surface area contributed by atoms with Crippen LogP contribution in [0.25, 0.3) is 0 Å². The third-order valence-electron chi connectivity index (χ3n) is 4.38. The summed E-state index contributed by atoms with van der Waals surface area (Å²) < 4.78 is 26.9. The Balaban J connectivity index is 1.74. The van der Waals surface area contributed by atoms with Crippen molar-refractivity contribution < 1.29 is 18.0 Å². The van der Waals surface area contributed by atoms with Gasteiger partial charge in [-0.1, -0.05) is 34.3 Å². The number of nitrogens with one attached hydrogen (secondary N) is 1. The van der Waals surface area contributed by atoms with E-state index in [9.17, 15) is 13.2 Å². The fourth-order valence-electron chi connectivity index (χ4n) is 2.76. The Morgan fingerprint density at radius 1 is 1.17 bits per heavy atom. The first-order valence-corrected chi connectivity index (χ1v) is 10.3. The van der Waals surface area contributed by atoms with Crippen LogP contribution in [0.15, 0.2) is 65.7 Å². The SMILES string of the molecule is CON(C)S(=O)(=O)c1ccc(C(=O)Nc2ccnn2Cc2cccc(C)c2)cc1. The number of aryl methyl sites for hydroxylation is 1. The maximum Gasteiger partial charge on any atom is 0.264 e. The number of anilines is 1. The second-order valence-corrected chi connectivity index (χ2v) is 8.37. The van der Waals surface area contributed by atoms with Crippen LogP contribution < -0.4 is 5.32 Å². The first-order valence-electron chi connectivity index (χ1n) is 8.83. The molecule has 0 aliphatic carbocycles. The molecule has 0 saturated carbocycles. The summed E-state index contributed by atoms with van der Waals surface area (Å²) in [7, 11) is -1.20. The van der Waals surface area contributed by atoms with Gasteiger partial charge in [0.05, 0.1) is 24.7 Å². The van der Waals surface area contributed by atoms with E-state index in [0.717, 1.165) is 15.6 Å². The number of hydroxylamine groups is 1. The van der Waals surface area contributed by atoms with Crippen molar-refractivity contribution in [2.75, 3.05) is 19.5 Å². The molecule has 3 rings (SSSR count). The zero-order valence-corrected chi connectivity index (χ0v) is 17.2. The largest absolute Gasteiger partial charge is 0.307 e. The van der Waals surface area contributed by atoms with Crippen LogP contribution in [0.3, 0.4) is 0 Å². The van der Waals surface area contributed by atoms with E-state index in [1.54, 1.807) is 16.9 Å². The van der Waals surface area contributed by atoms with Gasteiger partial charge in [0.2, 0.25) is 0 Å². The number of hydrogen-bond acceptors (Lipinski definition) is 5. The maximum absolute atomic E-state index is 12.6. The van der Waals surface area contributed by atoms with Crippen molar-refractivity contribution >= 4 is 21.7 Å². The molecule has 0 aliphatic rings. The number of nitrogens with zero attached hydrogens (tertiary/aromatic N) is 3. The van der Waals surface area contributed by atoms with Crippen molar-refractivity contribution in [1.82, 2.24) is 14.2 Å². The fraction of sp³-hybridized carbons (Fsp3) is 0.200. The zero-order chi connectivity index (χ0) is 21.0. The van der Waals surface area contributed by atoms with E-state index in [1.807, 2.05) is 25.1 Å². The van der Waals surface area contributed by atoms with Gasteiger partial charge in [0.25, 0.3) is 15.9 Å². The molecular weight excluding hydrogens is 392 g/mol. The number of carbonyl (C=O) groups excluding carboxylic acids is 1. The summed E-state index contributed by atoms with van der Waals surface area (Å²) in [6, 6.07) is 15.4. The average molecular weight is 414 g/mol. The van der Waals surface area contributed by atoms with E-state index >= 15 is 0 Å². The number of aromatic nitrogens is 2. The molecule has 1 N–H and O–H groups in total. The lowest BCUT2D eigenvalue weighted by Crippen LogP contribution is -2.25. The molecule has 0 saturated heterocycles. The number of benzene rings is 2. The molecule has 0 fully saturated rings. The van der Waals surface area contributed by atoms with E-state index in [0.29, 0.717) is 17.9 Å². The fourth-order valence-corrected chi connectivity index (χ4v) is 3.73. The zero-order valence-electron chi connectivity index (χ0n) is 16.4. The van der Waals surface area contributed by atoms with E-state index in [4.69, 9.17) is 4.84 Å². The molecule has 152 valence electrons. The van der Waals surface area contributed by atoms with Gasteiger partial charge in [-0.3, -0.25) is 9.63 Å². The van der Waals surface area contributed by atoms with Crippen LogP contribution in [0.1, 0.15) is 21.5 Å². The van der Waals surface area contributed by atoms with Gasteiger partial charge in [0.1, 0.15) is 5.82 Å². The first kappa shape index (κ1) is 20.7. The summed E-state index contributed by atoms with van der Waals surface area (Å²) in [6.07, 6.45) is 1.61. The van der Waals surface area contributed by atoms with Crippen molar-refractivity contribution in [3.8, 4) is 0 Å². The lowest BCUT2D eigenvalue weighted by Gasteiger charge is -2.14.